The molecular weight excluding hydrogens is 448 g/mol. The number of rotatable bonds is 7. The molecule has 1 atom stereocenters. The fourth-order valence-electron chi connectivity index (χ4n) is 4.61. The molecule has 2 aliphatic rings. The summed E-state index contributed by atoms with van der Waals surface area (Å²) >= 11 is 1.83. The first-order valence-corrected chi connectivity index (χ1v) is 12.9. The number of carbonyl (C=O) groups is 1. The third-order valence-electron chi connectivity index (χ3n) is 6.16. The maximum atomic E-state index is 13.6. The van der Waals surface area contributed by atoms with Gasteiger partial charge in [0.2, 0.25) is 0 Å². The van der Waals surface area contributed by atoms with E-state index in [2.05, 4.69) is 49.1 Å². The Labute approximate surface area is 205 Å². The number of hydrogen-bond acceptors (Lipinski definition) is 6. The maximum absolute atomic E-state index is 13.6. The third kappa shape index (κ3) is 5.37. The lowest BCUT2D eigenvalue weighted by Crippen LogP contribution is -2.51. The van der Waals surface area contributed by atoms with Crippen LogP contribution in [-0.2, 0) is 22.6 Å². The quantitative estimate of drug-likeness (QED) is 0.496. The van der Waals surface area contributed by atoms with Gasteiger partial charge in [-0.25, -0.2) is 0 Å². The van der Waals surface area contributed by atoms with E-state index in [-0.39, 0.29) is 5.91 Å². The normalized spacial score (nSPS) is 18.4. The summed E-state index contributed by atoms with van der Waals surface area (Å²) in [5.74, 6) is 1.94. The summed E-state index contributed by atoms with van der Waals surface area (Å²) in [5.41, 5.74) is 1.04. The van der Waals surface area contributed by atoms with Gasteiger partial charge in [-0.1, -0.05) is 38.1 Å². The lowest BCUT2D eigenvalue weighted by Gasteiger charge is -2.35. The summed E-state index contributed by atoms with van der Waals surface area (Å²) in [5, 5.41) is 1.28. The zero-order chi connectivity index (χ0) is 23.5. The van der Waals surface area contributed by atoms with Crippen LogP contribution in [0.5, 0.6) is 11.5 Å². The molecule has 0 saturated carbocycles. The van der Waals surface area contributed by atoms with Gasteiger partial charge in [-0.3, -0.25) is 9.69 Å². The Morgan fingerprint density at radius 3 is 2.74 bits per heavy atom. The second-order valence-electron chi connectivity index (χ2n) is 9.44. The van der Waals surface area contributed by atoms with Crippen molar-refractivity contribution in [3.8, 4) is 11.5 Å². The van der Waals surface area contributed by atoms with Crippen LogP contribution in [0.1, 0.15) is 24.3 Å². The zero-order valence-corrected chi connectivity index (χ0v) is 20.7. The molecule has 3 heterocycles. The molecule has 1 aromatic heterocycles. The minimum absolute atomic E-state index is 0.0598. The van der Waals surface area contributed by atoms with E-state index in [1.54, 1.807) is 0 Å². The van der Waals surface area contributed by atoms with Crippen LogP contribution in [0.15, 0.2) is 48.5 Å². The van der Waals surface area contributed by atoms with Gasteiger partial charge >= 0.3 is 0 Å². The van der Waals surface area contributed by atoms with Gasteiger partial charge in [0.05, 0.1) is 6.61 Å². The number of hydrogen-bond donors (Lipinski definition) is 0. The SMILES string of the molecule is CC(C)CN(Cc1ccc2c(c1)OCCO2)C(=O)C1CN(Cc2cc3ccccc3s2)CCO1. The maximum Gasteiger partial charge on any atom is 0.253 e. The number of nitrogens with zero attached hydrogens (tertiary/aromatic N) is 2. The Bertz CT molecular complexity index is 1110. The van der Waals surface area contributed by atoms with Crippen molar-refractivity contribution in [2.24, 2.45) is 5.92 Å². The fraction of sp³-hybridized carbons (Fsp3) is 0.444. The van der Waals surface area contributed by atoms with Gasteiger partial charge in [0.1, 0.15) is 19.3 Å². The van der Waals surface area contributed by atoms with Crippen molar-refractivity contribution in [2.45, 2.75) is 33.0 Å². The van der Waals surface area contributed by atoms with Crippen LogP contribution in [0.3, 0.4) is 0 Å². The van der Waals surface area contributed by atoms with Crippen LogP contribution in [0.25, 0.3) is 10.1 Å². The Morgan fingerprint density at radius 2 is 1.91 bits per heavy atom. The van der Waals surface area contributed by atoms with E-state index in [0.29, 0.717) is 45.4 Å². The molecule has 1 amide bonds. The van der Waals surface area contributed by atoms with Gasteiger partial charge in [-0.2, -0.15) is 0 Å². The van der Waals surface area contributed by atoms with Crippen molar-refractivity contribution < 1.29 is 19.0 Å². The molecule has 0 aliphatic carbocycles. The average Bonchev–Trinajstić information content (AvgIpc) is 3.25. The highest BCUT2D eigenvalue weighted by Gasteiger charge is 2.31. The van der Waals surface area contributed by atoms with E-state index in [1.165, 1.54) is 15.0 Å². The number of morpholine rings is 1. The molecular formula is C27H32N2O4S. The van der Waals surface area contributed by atoms with Gasteiger partial charge in [0.15, 0.2) is 11.5 Å². The van der Waals surface area contributed by atoms with E-state index >= 15 is 0 Å². The molecule has 1 fully saturated rings. The zero-order valence-electron chi connectivity index (χ0n) is 19.9. The minimum atomic E-state index is -0.445. The average molecular weight is 481 g/mol. The van der Waals surface area contributed by atoms with Crippen molar-refractivity contribution in [3.05, 3.63) is 59.0 Å². The van der Waals surface area contributed by atoms with E-state index < -0.39 is 6.10 Å². The Hall–Kier alpha value is -2.61. The predicted octanol–water partition coefficient (Wildman–Crippen LogP) is 4.56. The number of carbonyl (C=O) groups excluding carboxylic acids is 1. The molecule has 1 unspecified atom stereocenters. The van der Waals surface area contributed by atoms with Gasteiger partial charge in [-0.15, -0.1) is 11.3 Å². The Morgan fingerprint density at radius 1 is 1.09 bits per heavy atom. The summed E-state index contributed by atoms with van der Waals surface area (Å²) in [6.07, 6.45) is -0.445. The number of amides is 1. The van der Waals surface area contributed by atoms with Crippen LogP contribution >= 0.6 is 11.3 Å². The van der Waals surface area contributed by atoms with Gasteiger partial charge < -0.3 is 19.1 Å². The molecule has 2 aromatic carbocycles. The summed E-state index contributed by atoms with van der Waals surface area (Å²) in [6, 6.07) is 16.7. The fourth-order valence-corrected chi connectivity index (χ4v) is 5.72. The van der Waals surface area contributed by atoms with Crippen LogP contribution in [0, 0.1) is 5.92 Å². The van der Waals surface area contributed by atoms with Crippen LogP contribution in [0.2, 0.25) is 0 Å². The highest BCUT2D eigenvalue weighted by Crippen LogP contribution is 2.31. The summed E-state index contributed by atoms with van der Waals surface area (Å²) < 4.78 is 18.7. The van der Waals surface area contributed by atoms with E-state index in [0.717, 1.165) is 30.2 Å². The summed E-state index contributed by atoms with van der Waals surface area (Å²) in [4.78, 5) is 19.2. The van der Waals surface area contributed by atoms with Crippen molar-refractivity contribution >= 4 is 27.3 Å². The van der Waals surface area contributed by atoms with Crippen molar-refractivity contribution in [1.82, 2.24) is 9.80 Å². The van der Waals surface area contributed by atoms with Crippen molar-refractivity contribution in [1.29, 1.82) is 0 Å². The van der Waals surface area contributed by atoms with E-state index in [9.17, 15) is 4.79 Å². The van der Waals surface area contributed by atoms with E-state index in [4.69, 9.17) is 14.2 Å². The smallest absolute Gasteiger partial charge is 0.253 e. The molecule has 7 heteroatoms. The summed E-state index contributed by atoms with van der Waals surface area (Å²) in [6.45, 7) is 9.48. The third-order valence-corrected chi connectivity index (χ3v) is 7.26. The minimum Gasteiger partial charge on any atom is -0.486 e. The highest BCUT2D eigenvalue weighted by molar-refractivity contribution is 7.19. The molecule has 2 aliphatic heterocycles. The number of thiophene rings is 1. The summed E-state index contributed by atoms with van der Waals surface area (Å²) in [7, 11) is 0. The molecule has 34 heavy (non-hydrogen) atoms. The van der Waals surface area contributed by atoms with Gasteiger partial charge in [0, 0.05) is 42.3 Å². The topological polar surface area (TPSA) is 51.2 Å². The van der Waals surface area contributed by atoms with E-state index in [1.807, 2.05) is 34.4 Å². The molecule has 6 nitrogen and oxygen atoms in total. The lowest BCUT2D eigenvalue weighted by atomic mass is 10.1. The van der Waals surface area contributed by atoms with Crippen LogP contribution in [-0.4, -0.2) is 61.3 Å². The molecule has 0 radical (unpaired) electrons. The first-order valence-electron chi connectivity index (χ1n) is 12.0. The Balaban J connectivity index is 1.26. The molecule has 0 N–H and O–H groups in total. The number of benzene rings is 2. The van der Waals surface area contributed by atoms with Crippen LogP contribution < -0.4 is 9.47 Å². The van der Waals surface area contributed by atoms with Gasteiger partial charge in [0.25, 0.3) is 5.91 Å². The second kappa shape index (κ2) is 10.3. The monoisotopic (exact) mass is 480 g/mol. The molecule has 0 spiro atoms. The standard InChI is InChI=1S/C27H32N2O4S/c1-19(2)15-29(16-20-7-8-23-24(13-20)33-12-11-32-23)27(30)25-18-28(9-10-31-25)17-22-14-21-5-3-4-6-26(21)34-22/h3-8,13-14,19,25H,9-12,15-18H2,1-2H3. The lowest BCUT2D eigenvalue weighted by molar-refractivity contribution is -0.151. The second-order valence-corrected chi connectivity index (χ2v) is 10.6. The molecule has 0 bridgehead atoms. The largest absolute Gasteiger partial charge is 0.486 e. The first-order chi connectivity index (χ1) is 16.5. The van der Waals surface area contributed by atoms with Crippen LogP contribution in [0.4, 0.5) is 0 Å². The number of ether oxygens (including phenoxy) is 3. The molecule has 1 saturated heterocycles. The predicted molar refractivity (Wildman–Crippen MR) is 135 cm³/mol. The highest BCUT2D eigenvalue weighted by atomic mass is 32.1. The van der Waals surface area contributed by atoms with Crippen molar-refractivity contribution in [3.63, 3.8) is 0 Å². The molecule has 180 valence electrons. The first kappa shape index (κ1) is 23.1. The molecule has 3 aromatic rings. The Kier molecular flexibility index (Phi) is 7.04. The van der Waals surface area contributed by atoms with Crippen molar-refractivity contribution in [2.75, 3.05) is 39.5 Å². The van der Waals surface area contributed by atoms with Gasteiger partial charge in [-0.05, 0) is 41.1 Å². The molecule has 5 rings (SSSR count). The number of fused-ring (bicyclic) bond motifs is 2.